The Kier molecular flexibility index (Phi) is 4.09. The number of hydrogen-bond acceptors (Lipinski definition) is 4. The fourth-order valence-corrected chi connectivity index (χ4v) is 2.06. The molecule has 0 radical (unpaired) electrons. The third-order valence-corrected chi connectivity index (χ3v) is 3.29. The van der Waals surface area contributed by atoms with Crippen LogP contribution in [0.2, 0.25) is 0 Å². The Morgan fingerprint density at radius 1 is 1.11 bits per heavy atom. The smallest absolute Gasteiger partial charge is 0.161 e. The van der Waals surface area contributed by atoms with E-state index in [0.29, 0.717) is 19.6 Å². The van der Waals surface area contributed by atoms with Crippen LogP contribution in [0.5, 0.6) is 11.5 Å². The van der Waals surface area contributed by atoms with Crippen LogP contribution in [-0.4, -0.2) is 35.6 Å². The van der Waals surface area contributed by atoms with E-state index in [1.54, 1.807) is 6.92 Å². The molecule has 3 unspecified atom stereocenters. The first-order valence-electron chi connectivity index (χ1n) is 6.33. The highest BCUT2D eigenvalue weighted by Gasteiger charge is 2.18. The average Bonchev–Trinajstić information content (AvgIpc) is 2.37. The Morgan fingerprint density at radius 3 is 2.44 bits per heavy atom. The van der Waals surface area contributed by atoms with Crippen LogP contribution in [0.25, 0.3) is 0 Å². The number of aliphatic hydroxyl groups excluding tert-OH is 2. The van der Waals surface area contributed by atoms with Crippen LogP contribution in [0.4, 0.5) is 0 Å². The predicted molar refractivity (Wildman–Crippen MR) is 68.2 cm³/mol. The molecule has 0 aliphatic carbocycles. The number of ether oxygens (including phenoxy) is 2. The molecule has 0 aromatic heterocycles. The summed E-state index contributed by atoms with van der Waals surface area (Å²) >= 11 is 0. The summed E-state index contributed by atoms with van der Waals surface area (Å²) < 4.78 is 11.0. The van der Waals surface area contributed by atoms with Gasteiger partial charge in [-0.2, -0.15) is 0 Å². The highest BCUT2D eigenvalue weighted by molar-refractivity contribution is 5.44. The van der Waals surface area contributed by atoms with Gasteiger partial charge in [-0.1, -0.05) is 13.0 Å². The second-order valence-corrected chi connectivity index (χ2v) is 4.85. The second-order valence-electron chi connectivity index (χ2n) is 4.85. The van der Waals surface area contributed by atoms with Crippen molar-refractivity contribution < 1.29 is 19.7 Å². The molecular formula is C14H20O4. The first kappa shape index (κ1) is 13.2. The normalized spacial score (nSPS) is 19.1. The van der Waals surface area contributed by atoms with Crippen molar-refractivity contribution in [1.82, 2.24) is 0 Å². The number of hydrogen-bond donors (Lipinski definition) is 2. The molecule has 1 aliphatic rings. The average molecular weight is 252 g/mol. The van der Waals surface area contributed by atoms with Gasteiger partial charge < -0.3 is 19.7 Å². The molecule has 4 nitrogen and oxygen atoms in total. The summed E-state index contributed by atoms with van der Waals surface area (Å²) in [6.07, 6.45) is -0.880. The largest absolute Gasteiger partial charge is 0.486 e. The van der Waals surface area contributed by atoms with E-state index >= 15 is 0 Å². The second kappa shape index (κ2) is 5.59. The van der Waals surface area contributed by atoms with E-state index in [4.69, 9.17) is 9.47 Å². The highest BCUT2D eigenvalue weighted by Crippen LogP contribution is 2.34. The van der Waals surface area contributed by atoms with Crippen molar-refractivity contribution in [2.24, 2.45) is 0 Å². The topological polar surface area (TPSA) is 58.9 Å². The lowest BCUT2D eigenvalue weighted by Crippen LogP contribution is -2.24. The van der Waals surface area contributed by atoms with Crippen molar-refractivity contribution in [1.29, 1.82) is 0 Å². The molecule has 2 rings (SSSR count). The van der Waals surface area contributed by atoms with Crippen LogP contribution < -0.4 is 9.47 Å². The molecule has 1 aromatic rings. The van der Waals surface area contributed by atoms with E-state index in [0.717, 1.165) is 17.1 Å². The lowest BCUT2D eigenvalue weighted by Gasteiger charge is -2.22. The van der Waals surface area contributed by atoms with Gasteiger partial charge in [0.15, 0.2) is 11.5 Å². The maximum atomic E-state index is 9.69. The van der Waals surface area contributed by atoms with E-state index in [-0.39, 0.29) is 5.92 Å². The molecule has 0 saturated heterocycles. The van der Waals surface area contributed by atoms with Crippen LogP contribution in [0, 0.1) is 0 Å². The summed E-state index contributed by atoms with van der Waals surface area (Å²) in [6, 6.07) is 5.83. The minimum Gasteiger partial charge on any atom is -0.486 e. The fourth-order valence-electron chi connectivity index (χ4n) is 2.06. The van der Waals surface area contributed by atoms with E-state index in [9.17, 15) is 10.2 Å². The molecule has 0 spiro atoms. The predicted octanol–water partition coefficient (Wildman–Crippen LogP) is 1.69. The van der Waals surface area contributed by atoms with Crippen molar-refractivity contribution in [2.45, 2.75) is 38.4 Å². The highest BCUT2D eigenvalue weighted by atomic mass is 16.6. The van der Waals surface area contributed by atoms with E-state index in [1.165, 1.54) is 0 Å². The minimum atomic E-state index is -0.704. The lowest BCUT2D eigenvalue weighted by molar-refractivity contribution is 0.0227. The quantitative estimate of drug-likeness (QED) is 0.856. The van der Waals surface area contributed by atoms with Crippen LogP contribution in [-0.2, 0) is 0 Å². The Bertz CT molecular complexity index is 403. The molecule has 18 heavy (non-hydrogen) atoms. The summed E-state index contributed by atoms with van der Waals surface area (Å²) in [4.78, 5) is 0. The molecule has 100 valence electrons. The third kappa shape index (κ3) is 2.94. The van der Waals surface area contributed by atoms with Crippen molar-refractivity contribution in [2.75, 3.05) is 13.2 Å². The Balaban J connectivity index is 2.08. The Hall–Kier alpha value is -1.26. The van der Waals surface area contributed by atoms with Gasteiger partial charge in [-0.3, -0.25) is 0 Å². The van der Waals surface area contributed by atoms with Gasteiger partial charge in [0.25, 0.3) is 0 Å². The van der Waals surface area contributed by atoms with Gasteiger partial charge in [0.05, 0.1) is 12.2 Å². The van der Waals surface area contributed by atoms with Crippen molar-refractivity contribution in [3.8, 4) is 11.5 Å². The molecule has 0 amide bonds. The maximum absolute atomic E-state index is 9.69. The van der Waals surface area contributed by atoms with Crippen molar-refractivity contribution in [3.05, 3.63) is 23.8 Å². The van der Waals surface area contributed by atoms with Crippen LogP contribution in [0.3, 0.4) is 0 Å². The molecule has 2 N–H and O–H groups in total. The number of fused-ring (bicyclic) bond motifs is 1. The first-order valence-corrected chi connectivity index (χ1v) is 6.33. The zero-order chi connectivity index (χ0) is 13.1. The van der Waals surface area contributed by atoms with Crippen LogP contribution >= 0.6 is 0 Å². The molecule has 0 saturated carbocycles. The van der Waals surface area contributed by atoms with E-state index < -0.39 is 12.2 Å². The van der Waals surface area contributed by atoms with Gasteiger partial charge in [0.1, 0.15) is 13.2 Å². The van der Waals surface area contributed by atoms with Gasteiger partial charge in [-0.25, -0.2) is 0 Å². The number of benzene rings is 1. The number of rotatable bonds is 4. The van der Waals surface area contributed by atoms with E-state index in [2.05, 4.69) is 0 Å². The maximum Gasteiger partial charge on any atom is 0.161 e. The number of aliphatic hydroxyl groups is 2. The molecule has 1 aliphatic heterocycles. The standard InChI is InChI=1S/C14H20O4/c1-9(7-12(16)10(2)15)11-3-4-13-14(8-11)18-6-5-17-13/h3-4,8-10,12,15-16H,5-7H2,1-2H3. The summed E-state index contributed by atoms with van der Waals surface area (Å²) in [6.45, 7) is 4.78. The fraction of sp³-hybridized carbons (Fsp3) is 0.571. The Morgan fingerprint density at radius 2 is 1.78 bits per heavy atom. The SMILES string of the molecule is CC(CC(O)C(C)O)c1ccc2c(c1)OCCO2. The van der Waals surface area contributed by atoms with Gasteiger partial charge in [0.2, 0.25) is 0 Å². The molecule has 1 aromatic carbocycles. The summed E-state index contributed by atoms with van der Waals surface area (Å²) in [5.74, 6) is 1.69. The molecular weight excluding hydrogens is 232 g/mol. The lowest BCUT2D eigenvalue weighted by atomic mass is 9.93. The van der Waals surface area contributed by atoms with Crippen LogP contribution in [0.15, 0.2) is 18.2 Å². The van der Waals surface area contributed by atoms with Gasteiger partial charge >= 0.3 is 0 Å². The van der Waals surface area contributed by atoms with Gasteiger partial charge in [-0.15, -0.1) is 0 Å². The van der Waals surface area contributed by atoms with Gasteiger partial charge in [0, 0.05) is 0 Å². The van der Waals surface area contributed by atoms with Crippen molar-refractivity contribution >= 4 is 0 Å². The monoisotopic (exact) mass is 252 g/mol. The van der Waals surface area contributed by atoms with Crippen LogP contribution in [0.1, 0.15) is 31.7 Å². The first-order chi connectivity index (χ1) is 8.58. The minimum absolute atomic E-state index is 0.158. The molecule has 4 heteroatoms. The summed E-state index contributed by atoms with van der Waals surface area (Å²) in [5, 5.41) is 19.0. The zero-order valence-corrected chi connectivity index (χ0v) is 10.8. The summed E-state index contributed by atoms with van der Waals surface area (Å²) in [7, 11) is 0. The Labute approximate surface area is 107 Å². The molecule has 0 bridgehead atoms. The molecule has 1 heterocycles. The third-order valence-electron chi connectivity index (χ3n) is 3.29. The molecule has 0 fully saturated rings. The van der Waals surface area contributed by atoms with Crippen molar-refractivity contribution in [3.63, 3.8) is 0 Å². The summed E-state index contributed by atoms with van der Waals surface area (Å²) in [5.41, 5.74) is 1.08. The van der Waals surface area contributed by atoms with Gasteiger partial charge in [-0.05, 0) is 37.0 Å². The zero-order valence-electron chi connectivity index (χ0n) is 10.8. The van der Waals surface area contributed by atoms with E-state index in [1.807, 2.05) is 25.1 Å². The molecule has 3 atom stereocenters.